The Bertz CT molecular complexity index is 1140. The Balaban J connectivity index is 0.00000225. The van der Waals surface area contributed by atoms with Gasteiger partial charge in [-0.05, 0) is 46.2 Å². The molecular formula is C23H23Cl2NO2. The molecule has 28 heavy (non-hydrogen) atoms. The fourth-order valence-electron chi connectivity index (χ4n) is 3.55. The van der Waals surface area contributed by atoms with E-state index in [1.807, 2.05) is 37.3 Å². The summed E-state index contributed by atoms with van der Waals surface area (Å²) in [5.41, 5.74) is 0.369. The molecule has 0 aromatic heterocycles. The molecule has 4 rings (SSSR count). The Morgan fingerprint density at radius 2 is 1.36 bits per heavy atom. The predicted molar refractivity (Wildman–Crippen MR) is 121 cm³/mol. The zero-order valence-electron chi connectivity index (χ0n) is 15.6. The summed E-state index contributed by atoms with van der Waals surface area (Å²) in [6, 6.07) is 20.7. The Labute approximate surface area is 175 Å². The van der Waals surface area contributed by atoms with Crippen molar-refractivity contribution in [3.63, 3.8) is 0 Å². The van der Waals surface area contributed by atoms with Crippen molar-refractivity contribution in [2.75, 3.05) is 13.2 Å². The second-order valence-electron chi connectivity index (χ2n) is 7.31. The van der Waals surface area contributed by atoms with Crippen molar-refractivity contribution in [2.24, 2.45) is 0 Å². The summed E-state index contributed by atoms with van der Waals surface area (Å²) in [4.78, 5) is 0. The quantitative estimate of drug-likeness (QED) is 0.399. The van der Waals surface area contributed by atoms with E-state index in [9.17, 15) is 10.2 Å². The average molecular weight is 416 g/mol. The number of benzene rings is 4. The predicted octanol–water partition coefficient (Wildman–Crippen LogP) is 5.05. The molecule has 0 fully saturated rings. The molecular weight excluding hydrogens is 393 g/mol. The third-order valence-corrected chi connectivity index (χ3v) is 5.73. The van der Waals surface area contributed by atoms with Crippen LogP contribution in [0.2, 0.25) is 5.02 Å². The minimum Gasteiger partial charge on any atom is -0.394 e. The van der Waals surface area contributed by atoms with E-state index in [2.05, 4.69) is 35.6 Å². The van der Waals surface area contributed by atoms with Gasteiger partial charge in [0, 0.05) is 17.3 Å². The highest BCUT2D eigenvalue weighted by Gasteiger charge is 2.22. The SMILES string of the molecule is CC(CO)(CO)NCc1c2ccccc2c(Cl)c2cc3ccccc3cc12.Cl. The van der Waals surface area contributed by atoms with Gasteiger partial charge in [-0.3, -0.25) is 0 Å². The molecule has 0 amide bonds. The van der Waals surface area contributed by atoms with E-state index in [4.69, 9.17) is 11.6 Å². The molecule has 0 radical (unpaired) electrons. The third-order valence-electron chi connectivity index (χ3n) is 5.33. The molecule has 0 bridgehead atoms. The summed E-state index contributed by atoms with van der Waals surface area (Å²) in [6.45, 7) is 2.04. The lowest BCUT2D eigenvalue weighted by Crippen LogP contribution is -2.48. The van der Waals surface area contributed by atoms with Crippen molar-refractivity contribution in [3.8, 4) is 0 Å². The van der Waals surface area contributed by atoms with Gasteiger partial charge >= 0.3 is 0 Å². The molecule has 3 nitrogen and oxygen atoms in total. The molecule has 5 heteroatoms. The van der Waals surface area contributed by atoms with Gasteiger partial charge in [-0.2, -0.15) is 0 Å². The maximum Gasteiger partial charge on any atom is 0.0633 e. The van der Waals surface area contributed by atoms with Crippen LogP contribution in [0.3, 0.4) is 0 Å². The van der Waals surface area contributed by atoms with Crippen molar-refractivity contribution in [1.82, 2.24) is 5.32 Å². The summed E-state index contributed by atoms with van der Waals surface area (Å²) in [7, 11) is 0. The normalized spacial score (nSPS) is 11.9. The number of aliphatic hydroxyl groups is 2. The second-order valence-corrected chi connectivity index (χ2v) is 7.69. The van der Waals surface area contributed by atoms with Crippen molar-refractivity contribution in [1.29, 1.82) is 0 Å². The highest BCUT2D eigenvalue weighted by Crippen LogP contribution is 2.38. The van der Waals surface area contributed by atoms with Gasteiger partial charge in [-0.25, -0.2) is 0 Å². The molecule has 0 spiro atoms. The summed E-state index contributed by atoms with van der Waals surface area (Å²) >= 11 is 6.79. The van der Waals surface area contributed by atoms with E-state index < -0.39 is 5.54 Å². The summed E-state index contributed by atoms with van der Waals surface area (Å²) in [5.74, 6) is 0. The highest BCUT2D eigenvalue weighted by atomic mass is 35.5. The first-order valence-electron chi connectivity index (χ1n) is 9.05. The Hall–Kier alpha value is -1.88. The number of aliphatic hydroxyl groups excluding tert-OH is 2. The monoisotopic (exact) mass is 415 g/mol. The lowest BCUT2D eigenvalue weighted by atomic mass is 9.93. The molecule has 4 aromatic rings. The molecule has 3 N–H and O–H groups in total. The number of fused-ring (bicyclic) bond motifs is 3. The first kappa shape index (κ1) is 20.8. The van der Waals surface area contributed by atoms with E-state index >= 15 is 0 Å². The van der Waals surface area contributed by atoms with Crippen LogP contribution in [-0.2, 0) is 6.54 Å². The van der Waals surface area contributed by atoms with Gasteiger partial charge < -0.3 is 15.5 Å². The average Bonchev–Trinajstić information content (AvgIpc) is 2.72. The topological polar surface area (TPSA) is 52.5 Å². The summed E-state index contributed by atoms with van der Waals surface area (Å²) < 4.78 is 0. The highest BCUT2D eigenvalue weighted by molar-refractivity contribution is 6.41. The first-order chi connectivity index (χ1) is 13.1. The van der Waals surface area contributed by atoms with Gasteiger partial charge in [0.2, 0.25) is 0 Å². The second kappa shape index (κ2) is 8.24. The van der Waals surface area contributed by atoms with E-state index in [0.29, 0.717) is 6.54 Å². The molecule has 0 saturated heterocycles. The van der Waals surface area contributed by atoms with Crippen LogP contribution in [0.25, 0.3) is 32.3 Å². The molecule has 0 aliphatic heterocycles. The molecule has 146 valence electrons. The summed E-state index contributed by atoms with van der Waals surface area (Å²) in [6.07, 6.45) is 0. The fourth-order valence-corrected chi connectivity index (χ4v) is 3.87. The maximum absolute atomic E-state index is 9.63. The van der Waals surface area contributed by atoms with E-state index in [0.717, 1.165) is 42.9 Å². The number of halogens is 2. The lowest BCUT2D eigenvalue weighted by molar-refractivity contribution is 0.103. The van der Waals surface area contributed by atoms with Crippen LogP contribution in [-0.4, -0.2) is 29.0 Å². The molecule has 0 unspecified atom stereocenters. The van der Waals surface area contributed by atoms with E-state index in [1.54, 1.807) is 0 Å². The maximum atomic E-state index is 9.63. The summed E-state index contributed by atoms with van der Waals surface area (Å²) in [5, 5.41) is 29.8. The van der Waals surface area contributed by atoms with Crippen molar-refractivity contribution in [3.05, 3.63) is 71.2 Å². The van der Waals surface area contributed by atoms with Crippen LogP contribution >= 0.6 is 24.0 Å². The van der Waals surface area contributed by atoms with Crippen LogP contribution in [0.15, 0.2) is 60.7 Å². The van der Waals surface area contributed by atoms with Crippen LogP contribution in [0, 0.1) is 0 Å². The zero-order valence-corrected chi connectivity index (χ0v) is 17.1. The van der Waals surface area contributed by atoms with E-state index in [1.165, 1.54) is 0 Å². The minimum atomic E-state index is -0.746. The van der Waals surface area contributed by atoms with Gasteiger partial charge in [-0.15, -0.1) is 12.4 Å². The lowest BCUT2D eigenvalue weighted by Gasteiger charge is -2.27. The van der Waals surface area contributed by atoms with Gasteiger partial charge in [-0.1, -0.05) is 60.1 Å². The van der Waals surface area contributed by atoms with Crippen molar-refractivity contribution < 1.29 is 10.2 Å². The molecule has 0 saturated carbocycles. The van der Waals surface area contributed by atoms with Crippen LogP contribution < -0.4 is 5.32 Å². The van der Waals surface area contributed by atoms with Gasteiger partial charge in [0.15, 0.2) is 0 Å². The van der Waals surface area contributed by atoms with Crippen LogP contribution in [0.4, 0.5) is 0 Å². The number of rotatable bonds is 5. The molecule has 0 heterocycles. The smallest absolute Gasteiger partial charge is 0.0633 e. The van der Waals surface area contributed by atoms with E-state index in [-0.39, 0.29) is 25.6 Å². The molecule has 0 aliphatic carbocycles. The van der Waals surface area contributed by atoms with Gasteiger partial charge in [0.1, 0.15) is 0 Å². The molecule has 0 atom stereocenters. The Morgan fingerprint density at radius 3 is 1.96 bits per heavy atom. The van der Waals surface area contributed by atoms with Crippen molar-refractivity contribution >= 4 is 56.3 Å². The number of hydrogen-bond acceptors (Lipinski definition) is 3. The van der Waals surface area contributed by atoms with Gasteiger partial charge in [0.05, 0.1) is 23.8 Å². The standard InChI is InChI=1S/C23H22ClNO2.ClH/c1-23(13-26,14-27)25-12-21-17-8-4-5-9-18(17)22(24)20-11-16-7-3-2-6-15(16)10-19(20)21;/h2-11,25-27H,12-14H2,1H3;1H. The Morgan fingerprint density at radius 1 is 0.821 bits per heavy atom. The number of hydrogen-bond donors (Lipinski definition) is 3. The largest absolute Gasteiger partial charge is 0.394 e. The minimum absolute atomic E-state index is 0. The van der Waals surface area contributed by atoms with Crippen molar-refractivity contribution in [2.45, 2.75) is 19.0 Å². The zero-order chi connectivity index (χ0) is 19.0. The van der Waals surface area contributed by atoms with Crippen LogP contribution in [0.5, 0.6) is 0 Å². The third kappa shape index (κ3) is 3.57. The number of nitrogens with one attached hydrogen (secondary N) is 1. The Kier molecular flexibility index (Phi) is 6.13. The van der Waals surface area contributed by atoms with Gasteiger partial charge in [0.25, 0.3) is 0 Å². The fraction of sp³-hybridized carbons (Fsp3) is 0.217. The molecule has 4 aromatic carbocycles. The molecule has 0 aliphatic rings. The first-order valence-corrected chi connectivity index (χ1v) is 9.42. The van der Waals surface area contributed by atoms with Crippen LogP contribution in [0.1, 0.15) is 12.5 Å².